The van der Waals surface area contributed by atoms with Gasteiger partial charge in [-0.2, -0.15) is 5.10 Å². The van der Waals surface area contributed by atoms with Gasteiger partial charge < -0.3 is 4.79 Å². The van der Waals surface area contributed by atoms with Crippen molar-refractivity contribution in [2.45, 2.75) is 18.3 Å². The van der Waals surface area contributed by atoms with E-state index in [-0.39, 0.29) is 5.41 Å². The summed E-state index contributed by atoms with van der Waals surface area (Å²) in [5.74, 6) is 0. The van der Waals surface area contributed by atoms with Gasteiger partial charge in [-0.3, -0.25) is 4.68 Å². The maximum atomic E-state index is 11.1. The van der Waals surface area contributed by atoms with Crippen molar-refractivity contribution >= 4 is 17.2 Å². The number of aromatic nitrogens is 2. The highest BCUT2D eigenvalue weighted by Gasteiger charge is 2.47. The van der Waals surface area contributed by atoms with Crippen molar-refractivity contribution in [2.75, 3.05) is 0 Å². The summed E-state index contributed by atoms with van der Waals surface area (Å²) in [5, 5.41) is 5.54. The van der Waals surface area contributed by atoms with Crippen molar-refractivity contribution in [3.63, 3.8) is 0 Å². The molecule has 0 aliphatic heterocycles. The van der Waals surface area contributed by atoms with Crippen LogP contribution in [0.25, 0.3) is 10.9 Å². The Balaban J connectivity index is 2.34. The summed E-state index contributed by atoms with van der Waals surface area (Å²) in [6.07, 6.45) is 3.00. The third-order valence-electron chi connectivity index (χ3n) is 3.23. The first-order valence-corrected chi connectivity index (χ1v) is 5.15. The van der Waals surface area contributed by atoms with Crippen molar-refractivity contribution in [3.8, 4) is 0 Å². The van der Waals surface area contributed by atoms with Crippen LogP contribution in [0.4, 0.5) is 0 Å². The van der Waals surface area contributed by atoms with Gasteiger partial charge in [0.2, 0.25) is 0 Å². The van der Waals surface area contributed by atoms with E-state index in [1.807, 2.05) is 36.0 Å². The van der Waals surface area contributed by atoms with Gasteiger partial charge >= 0.3 is 0 Å². The third kappa shape index (κ3) is 1.06. The molecule has 3 rings (SSSR count). The smallest absolute Gasteiger partial charge is 0.132 e. The minimum Gasteiger partial charge on any atom is -0.302 e. The molecule has 1 saturated carbocycles. The molecule has 1 aromatic heterocycles. The van der Waals surface area contributed by atoms with Crippen molar-refractivity contribution < 1.29 is 4.79 Å². The molecule has 76 valence electrons. The molecule has 0 radical (unpaired) electrons. The summed E-state index contributed by atoms with van der Waals surface area (Å²) in [5.41, 5.74) is 1.81. The van der Waals surface area contributed by atoms with Gasteiger partial charge in [0.15, 0.2) is 0 Å². The Labute approximate surface area is 87.7 Å². The SMILES string of the molecule is Cn1nc2ccccc2c1C1(C=O)CC1. The standard InChI is InChI=1S/C12H12N2O/c1-14-11(12(8-15)6-7-12)9-4-2-3-5-10(9)13-14/h2-5,8H,6-7H2,1H3. The number of hydrogen-bond acceptors (Lipinski definition) is 2. The molecule has 0 unspecified atom stereocenters. The second kappa shape index (κ2) is 2.69. The van der Waals surface area contributed by atoms with Gasteiger partial charge in [-0.05, 0) is 18.9 Å². The predicted octanol–water partition coefficient (Wildman–Crippen LogP) is 1.80. The molecule has 0 bridgehead atoms. The zero-order chi connectivity index (χ0) is 10.5. The number of aryl methyl sites for hydroxylation is 1. The molecule has 0 atom stereocenters. The van der Waals surface area contributed by atoms with Crippen LogP contribution in [0.3, 0.4) is 0 Å². The van der Waals surface area contributed by atoms with Gasteiger partial charge in [0.05, 0.1) is 16.6 Å². The van der Waals surface area contributed by atoms with Gasteiger partial charge in [-0.1, -0.05) is 18.2 Å². The summed E-state index contributed by atoms with van der Waals surface area (Å²) in [7, 11) is 1.92. The van der Waals surface area contributed by atoms with Crippen molar-refractivity contribution in [3.05, 3.63) is 30.0 Å². The number of aldehydes is 1. The maximum absolute atomic E-state index is 11.1. The molecule has 3 nitrogen and oxygen atoms in total. The normalized spacial score (nSPS) is 17.9. The van der Waals surface area contributed by atoms with E-state index in [1.54, 1.807) is 0 Å². The largest absolute Gasteiger partial charge is 0.302 e. The van der Waals surface area contributed by atoms with Gasteiger partial charge in [0.25, 0.3) is 0 Å². The van der Waals surface area contributed by atoms with E-state index in [2.05, 4.69) is 5.10 Å². The predicted molar refractivity (Wildman–Crippen MR) is 57.7 cm³/mol. The van der Waals surface area contributed by atoms with Gasteiger partial charge in [0, 0.05) is 12.4 Å². The molecule has 1 aliphatic carbocycles. The fourth-order valence-corrected chi connectivity index (χ4v) is 2.28. The summed E-state index contributed by atoms with van der Waals surface area (Å²) >= 11 is 0. The fourth-order valence-electron chi connectivity index (χ4n) is 2.28. The van der Waals surface area contributed by atoms with E-state index in [0.29, 0.717) is 0 Å². The quantitative estimate of drug-likeness (QED) is 0.693. The number of nitrogens with zero attached hydrogens (tertiary/aromatic N) is 2. The second-order valence-electron chi connectivity index (χ2n) is 4.26. The fraction of sp³-hybridized carbons (Fsp3) is 0.333. The van der Waals surface area contributed by atoms with Crippen LogP contribution in [0.5, 0.6) is 0 Å². The Morgan fingerprint density at radius 2 is 2.13 bits per heavy atom. The number of rotatable bonds is 2. The topological polar surface area (TPSA) is 34.9 Å². The molecule has 1 fully saturated rings. The average molecular weight is 200 g/mol. The Kier molecular flexibility index (Phi) is 1.55. The van der Waals surface area contributed by atoms with E-state index < -0.39 is 0 Å². The molecule has 1 aromatic carbocycles. The molecule has 3 heteroatoms. The number of carbonyl (C=O) groups is 1. The van der Waals surface area contributed by atoms with Crippen LogP contribution in [-0.4, -0.2) is 16.1 Å². The van der Waals surface area contributed by atoms with Crippen LogP contribution < -0.4 is 0 Å². The van der Waals surface area contributed by atoms with Gasteiger partial charge in [-0.15, -0.1) is 0 Å². The molecule has 0 N–H and O–H groups in total. The van der Waals surface area contributed by atoms with Crippen LogP contribution in [0, 0.1) is 0 Å². The zero-order valence-corrected chi connectivity index (χ0v) is 8.60. The first-order valence-electron chi connectivity index (χ1n) is 5.15. The Bertz CT molecular complexity index is 538. The number of benzene rings is 1. The molecule has 0 spiro atoms. The zero-order valence-electron chi connectivity index (χ0n) is 8.60. The molecular formula is C12H12N2O. The number of hydrogen-bond donors (Lipinski definition) is 0. The van der Waals surface area contributed by atoms with E-state index in [9.17, 15) is 4.79 Å². The van der Waals surface area contributed by atoms with Crippen molar-refractivity contribution in [2.24, 2.45) is 7.05 Å². The van der Waals surface area contributed by atoms with E-state index in [4.69, 9.17) is 0 Å². The van der Waals surface area contributed by atoms with E-state index >= 15 is 0 Å². The second-order valence-corrected chi connectivity index (χ2v) is 4.26. The summed E-state index contributed by atoms with van der Waals surface area (Å²) < 4.78 is 1.85. The van der Waals surface area contributed by atoms with E-state index in [1.165, 1.54) is 0 Å². The number of carbonyl (C=O) groups excluding carboxylic acids is 1. The lowest BCUT2D eigenvalue weighted by molar-refractivity contribution is -0.110. The highest BCUT2D eigenvalue weighted by Crippen LogP contribution is 2.48. The third-order valence-corrected chi connectivity index (χ3v) is 3.23. The van der Waals surface area contributed by atoms with Crippen LogP contribution in [0.1, 0.15) is 18.5 Å². The molecule has 1 aliphatic rings. The maximum Gasteiger partial charge on any atom is 0.132 e. The summed E-state index contributed by atoms with van der Waals surface area (Å²) in [6.45, 7) is 0. The van der Waals surface area contributed by atoms with Crippen LogP contribution in [0.15, 0.2) is 24.3 Å². The first kappa shape index (κ1) is 8.65. The first-order chi connectivity index (χ1) is 7.27. The van der Waals surface area contributed by atoms with E-state index in [0.717, 1.165) is 35.7 Å². The molecular weight excluding hydrogens is 188 g/mol. The highest BCUT2D eigenvalue weighted by atomic mass is 16.1. The lowest BCUT2D eigenvalue weighted by Crippen LogP contribution is -2.13. The monoisotopic (exact) mass is 200 g/mol. The Hall–Kier alpha value is -1.64. The lowest BCUT2D eigenvalue weighted by atomic mass is 10.0. The van der Waals surface area contributed by atoms with Gasteiger partial charge in [-0.25, -0.2) is 0 Å². The molecule has 1 heterocycles. The van der Waals surface area contributed by atoms with Crippen molar-refractivity contribution in [1.82, 2.24) is 9.78 Å². The minimum atomic E-state index is -0.245. The van der Waals surface area contributed by atoms with Crippen molar-refractivity contribution in [1.29, 1.82) is 0 Å². The molecule has 2 aromatic rings. The minimum absolute atomic E-state index is 0.245. The van der Waals surface area contributed by atoms with Crippen LogP contribution in [0.2, 0.25) is 0 Å². The Morgan fingerprint density at radius 3 is 2.80 bits per heavy atom. The highest BCUT2D eigenvalue weighted by molar-refractivity contribution is 5.88. The lowest BCUT2D eigenvalue weighted by Gasteiger charge is -2.07. The summed E-state index contributed by atoms with van der Waals surface area (Å²) in [4.78, 5) is 11.1. The molecule has 15 heavy (non-hydrogen) atoms. The Morgan fingerprint density at radius 1 is 1.40 bits per heavy atom. The van der Waals surface area contributed by atoms with Gasteiger partial charge in [0.1, 0.15) is 6.29 Å². The van der Waals surface area contributed by atoms with Crippen LogP contribution in [-0.2, 0) is 17.3 Å². The van der Waals surface area contributed by atoms with Crippen LogP contribution >= 0.6 is 0 Å². The molecule has 0 saturated heterocycles. The summed E-state index contributed by atoms with van der Waals surface area (Å²) in [6, 6.07) is 7.99. The average Bonchev–Trinajstić information content (AvgIpc) is 2.95. The molecule has 0 amide bonds. The number of fused-ring (bicyclic) bond motifs is 1.